The van der Waals surface area contributed by atoms with Crippen molar-refractivity contribution in [3.63, 3.8) is 0 Å². The van der Waals surface area contributed by atoms with E-state index < -0.39 is 15.9 Å². The van der Waals surface area contributed by atoms with Crippen LogP contribution in [0.25, 0.3) is 0 Å². The van der Waals surface area contributed by atoms with Gasteiger partial charge in [0, 0.05) is 12.6 Å². The van der Waals surface area contributed by atoms with E-state index in [-0.39, 0.29) is 11.7 Å². The number of carbonyl (C=O) groups is 1. The summed E-state index contributed by atoms with van der Waals surface area (Å²) in [6, 6.07) is 14.7. The summed E-state index contributed by atoms with van der Waals surface area (Å²) in [4.78, 5) is 12.2. The molecule has 0 aliphatic heterocycles. The molecular formula is C20H26N2O4S. The summed E-state index contributed by atoms with van der Waals surface area (Å²) in [7, 11) is -2.14. The molecule has 0 fully saturated rings. The fraction of sp³-hybridized carbons (Fsp3) is 0.350. The van der Waals surface area contributed by atoms with Crippen molar-refractivity contribution in [3.8, 4) is 5.75 Å². The maximum Gasteiger partial charge on any atom is 0.233 e. The number of carbonyl (C=O) groups excluding carboxylic acids is 1. The minimum atomic E-state index is -3.65. The van der Waals surface area contributed by atoms with Crippen LogP contribution in [0.1, 0.15) is 18.1 Å². The SMILES string of the molecule is COc1cccc(NS(=O)(=O)CC(C)C(=O)NCCc2cccc(C)c2)c1. The first-order valence-electron chi connectivity index (χ1n) is 8.77. The van der Waals surface area contributed by atoms with E-state index in [4.69, 9.17) is 4.74 Å². The van der Waals surface area contributed by atoms with Crippen LogP contribution < -0.4 is 14.8 Å². The van der Waals surface area contributed by atoms with Crippen LogP contribution >= 0.6 is 0 Å². The van der Waals surface area contributed by atoms with Crippen molar-refractivity contribution in [2.45, 2.75) is 20.3 Å². The Balaban J connectivity index is 1.84. The van der Waals surface area contributed by atoms with Gasteiger partial charge in [0.1, 0.15) is 5.75 Å². The third-order valence-electron chi connectivity index (χ3n) is 4.06. The molecule has 1 amide bonds. The summed E-state index contributed by atoms with van der Waals surface area (Å²) in [6.07, 6.45) is 0.703. The Morgan fingerprint density at radius 2 is 1.89 bits per heavy atom. The molecule has 2 N–H and O–H groups in total. The van der Waals surface area contributed by atoms with Crippen molar-refractivity contribution in [2.75, 3.05) is 24.1 Å². The highest BCUT2D eigenvalue weighted by Gasteiger charge is 2.21. The van der Waals surface area contributed by atoms with Crippen molar-refractivity contribution in [1.29, 1.82) is 0 Å². The minimum absolute atomic E-state index is 0.279. The van der Waals surface area contributed by atoms with Gasteiger partial charge < -0.3 is 10.1 Å². The lowest BCUT2D eigenvalue weighted by molar-refractivity contribution is -0.123. The van der Waals surface area contributed by atoms with E-state index in [1.165, 1.54) is 12.7 Å². The molecule has 1 atom stereocenters. The first kappa shape index (κ1) is 20.8. The third-order valence-corrected chi connectivity index (χ3v) is 5.54. The lowest BCUT2D eigenvalue weighted by Crippen LogP contribution is -2.35. The number of amides is 1. The molecule has 0 spiro atoms. The Bertz CT molecular complexity index is 881. The number of aryl methyl sites for hydroxylation is 1. The molecule has 2 rings (SSSR count). The highest BCUT2D eigenvalue weighted by atomic mass is 32.2. The van der Waals surface area contributed by atoms with E-state index in [0.29, 0.717) is 24.4 Å². The van der Waals surface area contributed by atoms with Gasteiger partial charge in [0.2, 0.25) is 15.9 Å². The van der Waals surface area contributed by atoms with E-state index in [9.17, 15) is 13.2 Å². The highest BCUT2D eigenvalue weighted by Crippen LogP contribution is 2.18. The van der Waals surface area contributed by atoms with Crippen LogP contribution in [0.2, 0.25) is 0 Å². The molecule has 0 aliphatic carbocycles. The zero-order chi connectivity index (χ0) is 19.9. The Labute approximate surface area is 161 Å². The van der Waals surface area contributed by atoms with Gasteiger partial charge in [-0.05, 0) is 31.0 Å². The maximum absolute atomic E-state index is 12.3. The number of hydrogen-bond donors (Lipinski definition) is 2. The first-order valence-corrected chi connectivity index (χ1v) is 10.4. The first-order chi connectivity index (χ1) is 12.8. The van der Waals surface area contributed by atoms with Crippen molar-refractivity contribution in [2.24, 2.45) is 5.92 Å². The monoisotopic (exact) mass is 390 g/mol. The second kappa shape index (κ2) is 9.41. The van der Waals surface area contributed by atoms with Gasteiger partial charge in [-0.15, -0.1) is 0 Å². The van der Waals surface area contributed by atoms with Crippen LogP contribution in [0, 0.1) is 12.8 Å². The van der Waals surface area contributed by atoms with Crippen LogP contribution in [0.3, 0.4) is 0 Å². The second-order valence-electron chi connectivity index (χ2n) is 6.55. The summed E-state index contributed by atoms with van der Waals surface area (Å²) in [5.41, 5.74) is 2.71. The molecule has 0 heterocycles. The standard InChI is InChI=1S/C20H26N2O4S/c1-15-6-4-7-17(12-15)10-11-21-20(23)16(2)14-27(24,25)22-18-8-5-9-19(13-18)26-3/h4-9,12-13,16,22H,10-11,14H2,1-3H3,(H,21,23). The van der Waals surface area contributed by atoms with Crippen LogP contribution in [0.5, 0.6) is 5.75 Å². The number of ether oxygens (including phenoxy) is 1. The van der Waals surface area contributed by atoms with E-state index >= 15 is 0 Å². The summed E-state index contributed by atoms with van der Waals surface area (Å²) in [6.45, 7) is 4.09. The predicted molar refractivity (Wildman–Crippen MR) is 107 cm³/mol. The summed E-state index contributed by atoms with van der Waals surface area (Å²) in [5, 5.41) is 2.80. The largest absolute Gasteiger partial charge is 0.497 e. The normalized spacial score (nSPS) is 12.3. The summed E-state index contributed by atoms with van der Waals surface area (Å²) in [5.74, 6) is -0.679. The minimum Gasteiger partial charge on any atom is -0.497 e. The lowest BCUT2D eigenvalue weighted by atomic mass is 10.1. The molecule has 0 bridgehead atoms. The Kier molecular flexibility index (Phi) is 7.24. The number of anilines is 1. The third kappa shape index (κ3) is 6.94. The van der Waals surface area contributed by atoms with Gasteiger partial charge in [-0.2, -0.15) is 0 Å². The number of rotatable bonds is 9. The smallest absolute Gasteiger partial charge is 0.233 e. The molecule has 2 aromatic carbocycles. The molecule has 0 aliphatic rings. The predicted octanol–water partition coefficient (Wildman–Crippen LogP) is 2.74. The summed E-state index contributed by atoms with van der Waals surface area (Å²) < 4.78 is 32.2. The van der Waals surface area contributed by atoms with E-state index in [1.54, 1.807) is 31.2 Å². The molecule has 27 heavy (non-hydrogen) atoms. The Hall–Kier alpha value is -2.54. The van der Waals surface area contributed by atoms with Crippen LogP contribution in [0.15, 0.2) is 48.5 Å². The van der Waals surface area contributed by atoms with Gasteiger partial charge in [0.05, 0.1) is 24.5 Å². The molecule has 0 saturated carbocycles. The van der Waals surface area contributed by atoms with Gasteiger partial charge in [-0.1, -0.05) is 42.8 Å². The van der Waals surface area contributed by atoms with E-state index in [2.05, 4.69) is 16.1 Å². The van der Waals surface area contributed by atoms with Crippen LogP contribution in [-0.2, 0) is 21.2 Å². The molecule has 0 saturated heterocycles. The number of methoxy groups -OCH3 is 1. The lowest BCUT2D eigenvalue weighted by Gasteiger charge is -2.14. The van der Waals surface area contributed by atoms with Crippen LogP contribution in [-0.4, -0.2) is 33.7 Å². The second-order valence-corrected chi connectivity index (χ2v) is 8.31. The fourth-order valence-corrected chi connectivity index (χ4v) is 4.06. The van der Waals surface area contributed by atoms with Gasteiger partial charge in [-0.25, -0.2) is 8.42 Å². The van der Waals surface area contributed by atoms with Crippen molar-refractivity contribution in [3.05, 3.63) is 59.7 Å². The quantitative estimate of drug-likeness (QED) is 0.689. The highest BCUT2D eigenvalue weighted by molar-refractivity contribution is 7.92. The van der Waals surface area contributed by atoms with Crippen molar-refractivity contribution < 1.29 is 17.9 Å². The molecule has 0 radical (unpaired) electrons. The maximum atomic E-state index is 12.3. The van der Waals surface area contributed by atoms with Gasteiger partial charge in [-0.3, -0.25) is 9.52 Å². The van der Waals surface area contributed by atoms with Gasteiger partial charge in [0.15, 0.2) is 0 Å². The van der Waals surface area contributed by atoms with Crippen molar-refractivity contribution in [1.82, 2.24) is 5.32 Å². The van der Waals surface area contributed by atoms with E-state index in [0.717, 1.165) is 5.56 Å². The number of sulfonamides is 1. The topological polar surface area (TPSA) is 84.5 Å². The molecule has 2 aromatic rings. The number of hydrogen-bond acceptors (Lipinski definition) is 4. The number of nitrogens with one attached hydrogen (secondary N) is 2. The van der Waals surface area contributed by atoms with Crippen LogP contribution in [0.4, 0.5) is 5.69 Å². The zero-order valence-corrected chi connectivity index (χ0v) is 16.7. The Morgan fingerprint density at radius 3 is 2.59 bits per heavy atom. The van der Waals surface area contributed by atoms with E-state index in [1.807, 2.05) is 25.1 Å². The molecule has 6 nitrogen and oxygen atoms in total. The summed E-state index contributed by atoms with van der Waals surface area (Å²) >= 11 is 0. The molecule has 1 unspecified atom stereocenters. The molecule has 0 aromatic heterocycles. The molecule has 7 heteroatoms. The average molecular weight is 391 g/mol. The Morgan fingerprint density at radius 1 is 1.15 bits per heavy atom. The van der Waals surface area contributed by atoms with Crippen molar-refractivity contribution >= 4 is 21.6 Å². The average Bonchev–Trinajstić information content (AvgIpc) is 2.61. The fourth-order valence-electron chi connectivity index (χ4n) is 2.68. The van der Waals surface area contributed by atoms with Gasteiger partial charge in [0.25, 0.3) is 0 Å². The number of benzene rings is 2. The molecular weight excluding hydrogens is 364 g/mol. The zero-order valence-electron chi connectivity index (χ0n) is 15.9. The van der Waals surface area contributed by atoms with Gasteiger partial charge >= 0.3 is 0 Å². The molecule has 146 valence electrons.